The number of nitrogens with zero attached hydrogens (tertiary/aromatic N) is 1. The molecular weight excluding hydrogens is 283 g/mol. The third-order valence-corrected chi connectivity index (χ3v) is 4.41. The van der Waals surface area contributed by atoms with Crippen LogP contribution < -0.4 is 4.90 Å². The summed E-state index contributed by atoms with van der Waals surface area (Å²) in [6.07, 6.45) is -1.72. The van der Waals surface area contributed by atoms with Crippen LogP contribution >= 0.6 is 0 Å². The molecule has 1 aliphatic carbocycles. The number of rotatable bonds is 1. The molecule has 1 aliphatic heterocycles. The molecule has 0 atom stereocenters. The Morgan fingerprint density at radius 2 is 1.67 bits per heavy atom. The summed E-state index contributed by atoms with van der Waals surface area (Å²) in [5.74, 6) is -1.000. The van der Waals surface area contributed by atoms with E-state index in [9.17, 15) is 22.8 Å². The second-order valence-electron chi connectivity index (χ2n) is 5.71. The normalized spacial score (nSPS) is 21.6. The van der Waals surface area contributed by atoms with Crippen molar-refractivity contribution < 1.29 is 22.8 Å². The smallest absolute Gasteiger partial charge is 0.274 e. The van der Waals surface area contributed by atoms with Gasteiger partial charge in [0.15, 0.2) is 0 Å². The summed E-state index contributed by atoms with van der Waals surface area (Å²) in [6.45, 7) is 0. The van der Waals surface area contributed by atoms with Crippen molar-refractivity contribution in [3.8, 4) is 0 Å². The van der Waals surface area contributed by atoms with E-state index in [0.29, 0.717) is 12.8 Å². The Bertz CT molecular complexity index is 603. The number of hydrogen-bond acceptors (Lipinski definition) is 2. The predicted molar refractivity (Wildman–Crippen MR) is 69.5 cm³/mol. The molecule has 1 saturated carbocycles. The van der Waals surface area contributed by atoms with Crippen molar-refractivity contribution in [1.82, 2.24) is 0 Å². The highest BCUT2D eigenvalue weighted by molar-refractivity contribution is 6.23. The summed E-state index contributed by atoms with van der Waals surface area (Å²) >= 11 is 0. The molecule has 0 aromatic heterocycles. The van der Waals surface area contributed by atoms with E-state index in [4.69, 9.17) is 0 Å². The number of halogens is 3. The van der Waals surface area contributed by atoms with Crippen molar-refractivity contribution in [3.05, 3.63) is 29.8 Å². The van der Waals surface area contributed by atoms with Crippen molar-refractivity contribution in [2.45, 2.75) is 38.3 Å². The SMILES string of the molecule is O=C1CC2(CCCC2)C(=O)N1c1ccccc1C(F)(F)F. The average Bonchev–Trinajstić information content (AvgIpc) is 2.96. The predicted octanol–water partition coefficient (Wildman–Crippen LogP) is 3.53. The van der Waals surface area contributed by atoms with Crippen LogP contribution in [-0.4, -0.2) is 11.8 Å². The fourth-order valence-electron chi connectivity index (χ4n) is 3.39. The summed E-state index contributed by atoms with van der Waals surface area (Å²) in [5, 5.41) is 0. The topological polar surface area (TPSA) is 37.4 Å². The number of alkyl halides is 3. The van der Waals surface area contributed by atoms with Crippen LogP contribution in [0.15, 0.2) is 24.3 Å². The lowest BCUT2D eigenvalue weighted by Crippen LogP contribution is -2.35. The van der Waals surface area contributed by atoms with Gasteiger partial charge in [0, 0.05) is 6.42 Å². The zero-order valence-corrected chi connectivity index (χ0v) is 11.2. The second kappa shape index (κ2) is 4.58. The summed E-state index contributed by atoms with van der Waals surface area (Å²) in [5.41, 5.74) is -2.05. The molecule has 0 bridgehead atoms. The van der Waals surface area contributed by atoms with Crippen LogP contribution in [0.4, 0.5) is 18.9 Å². The molecule has 0 unspecified atom stereocenters. The Balaban J connectivity index is 2.06. The highest BCUT2D eigenvalue weighted by atomic mass is 19.4. The molecule has 2 fully saturated rings. The second-order valence-corrected chi connectivity index (χ2v) is 5.71. The van der Waals surface area contributed by atoms with E-state index >= 15 is 0 Å². The molecule has 1 aromatic carbocycles. The van der Waals surface area contributed by atoms with E-state index in [1.165, 1.54) is 18.2 Å². The third kappa shape index (κ3) is 2.13. The van der Waals surface area contributed by atoms with Gasteiger partial charge in [-0.2, -0.15) is 13.2 Å². The van der Waals surface area contributed by atoms with Gasteiger partial charge in [0.25, 0.3) is 0 Å². The first kappa shape index (κ1) is 14.1. The van der Waals surface area contributed by atoms with Gasteiger partial charge in [0.1, 0.15) is 0 Å². The maximum atomic E-state index is 13.1. The summed E-state index contributed by atoms with van der Waals surface area (Å²) in [6, 6.07) is 4.75. The molecule has 3 rings (SSSR count). The molecule has 2 amide bonds. The van der Waals surface area contributed by atoms with Crippen LogP contribution in [0.25, 0.3) is 0 Å². The Labute approximate surface area is 119 Å². The Kier molecular flexibility index (Phi) is 3.07. The van der Waals surface area contributed by atoms with Gasteiger partial charge in [0.2, 0.25) is 11.8 Å². The van der Waals surface area contributed by atoms with Crippen LogP contribution in [0.3, 0.4) is 0 Å². The van der Waals surface area contributed by atoms with Crippen molar-refractivity contribution in [1.29, 1.82) is 0 Å². The quantitative estimate of drug-likeness (QED) is 0.744. The van der Waals surface area contributed by atoms with Gasteiger partial charge in [0.05, 0.1) is 16.7 Å². The first-order valence-electron chi connectivity index (χ1n) is 6.89. The van der Waals surface area contributed by atoms with Crippen LogP contribution in [0, 0.1) is 5.41 Å². The van der Waals surface area contributed by atoms with Gasteiger partial charge in [-0.3, -0.25) is 9.59 Å². The summed E-state index contributed by atoms with van der Waals surface area (Å²) < 4.78 is 39.2. The van der Waals surface area contributed by atoms with Gasteiger partial charge < -0.3 is 0 Å². The minimum absolute atomic E-state index is 0.0258. The molecular formula is C15H14F3NO2. The zero-order chi connectivity index (χ0) is 15.3. The molecule has 6 heteroatoms. The number of carbonyl (C=O) groups excluding carboxylic acids is 2. The molecule has 1 saturated heterocycles. The van der Waals surface area contributed by atoms with Gasteiger partial charge in [-0.25, -0.2) is 4.90 Å². The number of amides is 2. The lowest BCUT2D eigenvalue weighted by atomic mass is 9.84. The van der Waals surface area contributed by atoms with Crippen molar-refractivity contribution in [3.63, 3.8) is 0 Å². The Morgan fingerprint density at radius 1 is 1.05 bits per heavy atom. The Morgan fingerprint density at radius 3 is 2.29 bits per heavy atom. The third-order valence-electron chi connectivity index (χ3n) is 4.41. The van der Waals surface area contributed by atoms with E-state index in [2.05, 4.69) is 0 Å². The molecule has 112 valence electrons. The molecule has 21 heavy (non-hydrogen) atoms. The van der Waals surface area contributed by atoms with E-state index in [1.54, 1.807) is 0 Å². The minimum atomic E-state index is -4.59. The minimum Gasteiger partial charge on any atom is -0.274 e. The van der Waals surface area contributed by atoms with Gasteiger partial charge in [-0.15, -0.1) is 0 Å². The number of hydrogen-bond donors (Lipinski definition) is 0. The molecule has 1 spiro atoms. The maximum absolute atomic E-state index is 13.1. The van der Waals surface area contributed by atoms with Gasteiger partial charge in [-0.05, 0) is 25.0 Å². The van der Waals surface area contributed by atoms with Crippen LogP contribution in [0.2, 0.25) is 0 Å². The lowest BCUT2D eigenvalue weighted by molar-refractivity contribution is -0.137. The zero-order valence-electron chi connectivity index (χ0n) is 11.2. The molecule has 1 heterocycles. The monoisotopic (exact) mass is 297 g/mol. The number of carbonyl (C=O) groups is 2. The fraction of sp³-hybridized carbons (Fsp3) is 0.467. The van der Waals surface area contributed by atoms with E-state index < -0.39 is 29.0 Å². The average molecular weight is 297 g/mol. The van der Waals surface area contributed by atoms with Crippen LogP contribution in [0.1, 0.15) is 37.7 Å². The number of benzene rings is 1. The number of anilines is 1. The van der Waals surface area contributed by atoms with E-state index in [1.807, 2.05) is 0 Å². The van der Waals surface area contributed by atoms with Crippen LogP contribution in [-0.2, 0) is 15.8 Å². The highest BCUT2D eigenvalue weighted by Crippen LogP contribution is 2.49. The molecule has 2 aliphatic rings. The fourth-order valence-corrected chi connectivity index (χ4v) is 3.39. The van der Waals surface area contributed by atoms with Crippen molar-refractivity contribution in [2.24, 2.45) is 5.41 Å². The molecule has 1 aromatic rings. The lowest BCUT2D eigenvalue weighted by Gasteiger charge is -2.23. The molecule has 3 nitrogen and oxygen atoms in total. The van der Waals surface area contributed by atoms with E-state index in [0.717, 1.165) is 23.8 Å². The van der Waals surface area contributed by atoms with E-state index in [-0.39, 0.29) is 12.1 Å². The Hall–Kier alpha value is -1.85. The summed E-state index contributed by atoms with van der Waals surface area (Å²) in [7, 11) is 0. The highest BCUT2D eigenvalue weighted by Gasteiger charge is 2.54. The summed E-state index contributed by atoms with van der Waals surface area (Å²) in [4.78, 5) is 25.5. The number of para-hydroxylation sites is 1. The van der Waals surface area contributed by atoms with Crippen LogP contribution in [0.5, 0.6) is 0 Å². The van der Waals surface area contributed by atoms with Crippen molar-refractivity contribution in [2.75, 3.05) is 4.90 Å². The van der Waals surface area contributed by atoms with Crippen molar-refractivity contribution >= 4 is 17.5 Å². The largest absolute Gasteiger partial charge is 0.418 e. The standard InChI is InChI=1S/C15H14F3NO2/c16-15(17,18)10-5-1-2-6-11(10)19-12(20)9-14(13(19)21)7-3-4-8-14/h1-2,5-6H,3-4,7-9H2. The molecule has 0 N–H and O–H groups in total. The molecule has 0 radical (unpaired) electrons. The first-order valence-corrected chi connectivity index (χ1v) is 6.89. The number of imide groups is 1. The maximum Gasteiger partial charge on any atom is 0.418 e. The van der Waals surface area contributed by atoms with Gasteiger partial charge in [-0.1, -0.05) is 25.0 Å². The van der Waals surface area contributed by atoms with Gasteiger partial charge >= 0.3 is 6.18 Å². The first-order chi connectivity index (χ1) is 9.85.